The van der Waals surface area contributed by atoms with E-state index in [9.17, 15) is 9.59 Å². The summed E-state index contributed by atoms with van der Waals surface area (Å²) in [5.41, 5.74) is 7.52. The molecule has 0 bridgehead atoms. The molecule has 0 spiro atoms. The van der Waals surface area contributed by atoms with Crippen LogP contribution < -0.4 is 5.32 Å². The highest BCUT2D eigenvalue weighted by atomic mass is 16.1. The zero-order chi connectivity index (χ0) is 26.8. The van der Waals surface area contributed by atoms with Crippen LogP contribution in [0.4, 0.5) is 5.69 Å². The van der Waals surface area contributed by atoms with Crippen LogP contribution in [0.25, 0.3) is 0 Å². The van der Waals surface area contributed by atoms with E-state index in [1.165, 1.54) is 13.0 Å². The van der Waals surface area contributed by atoms with Crippen molar-refractivity contribution >= 4 is 28.9 Å². The van der Waals surface area contributed by atoms with Gasteiger partial charge < -0.3 is 5.32 Å². The molecule has 0 fully saturated rings. The van der Waals surface area contributed by atoms with Gasteiger partial charge in [0.25, 0.3) is 5.91 Å². The highest BCUT2D eigenvalue weighted by Crippen LogP contribution is 2.19. The van der Waals surface area contributed by atoms with E-state index < -0.39 is 0 Å². The van der Waals surface area contributed by atoms with Gasteiger partial charge in [-0.3, -0.25) is 14.6 Å². The Hall–Kier alpha value is -4.12. The third-order valence-corrected chi connectivity index (χ3v) is 6.17. The summed E-state index contributed by atoms with van der Waals surface area (Å²) < 4.78 is 0. The number of carbonyl (C=O) groups is 2. The fraction of sp³-hybridized carbons (Fsp3) is 0.250. The highest BCUT2D eigenvalue weighted by molar-refractivity contribution is 6.12. The van der Waals surface area contributed by atoms with E-state index in [0.717, 1.165) is 45.6 Å². The monoisotopic (exact) mass is 493 g/mol. The van der Waals surface area contributed by atoms with Gasteiger partial charge >= 0.3 is 0 Å². The summed E-state index contributed by atoms with van der Waals surface area (Å²) in [7, 11) is 1.72. The largest absolute Gasteiger partial charge is 0.310 e. The molecule has 0 unspecified atom stereocenters. The van der Waals surface area contributed by atoms with Gasteiger partial charge in [-0.25, -0.2) is 4.99 Å². The van der Waals surface area contributed by atoms with Crippen LogP contribution in [0.2, 0.25) is 0 Å². The zero-order valence-corrected chi connectivity index (χ0v) is 22.3. The quantitative estimate of drug-likeness (QED) is 0.209. The number of hydrogen-bond donors (Lipinski definition) is 1. The lowest BCUT2D eigenvalue weighted by molar-refractivity contribution is -0.112. The van der Waals surface area contributed by atoms with Crippen molar-refractivity contribution in [2.24, 2.45) is 9.98 Å². The lowest BCUT2D eigenvalue weighted by Gasteiger charge is -2.13. The van der Waals surface area contributed by atoms with E-state index in [4.69, 9.17) is 4.99 Å². The van der Waals surface area contributed by atoms with Crippen LogP contribution >= 0.6 is 0 Å². The normalized spacial score (nSPS) is 12.1. The van der Waals surface area contributed by atoms with Crippen molar-refractivity contribution in [2.45, 2.75) is 47.0 Å². The zero-order valence-electron chi connectivity index (χ0n) is 22.3. The van der Waals surface area contributed by atoms with Crippen LogP contribution in [-0.2, 0) is 17.6 Å². The number of carbonyl (C=O) groups excluding carboxylic acids is 2. The first kappa shape index (κ1) is 27.5. The predicted octanol–water partition coefficient (Wildman–Crippen LogP) is 6.52. The van der Waals surface area contributed by atoms with Crippen LogP contribution in [-0.4, -0.2) is 30.3 Å². The van der Waals surface area contributed by atoms with Crippen molar-refractivity contribution < 1.29 is 9.59 Å². The third kappa shape index (κ3) is 7.94. The summed E-state index contributed by atoms with van der Waals surface area (Å²) in [5.74, 6) is 0.429. The molecule has 5 nitrogen and oxygen atoms in total. The number of ketones is 1. The van der Waals surface area contributed by atoms with Crippen molar-refractivity contribution in [1.82, 2.24) is 5.32 Å². The second-order valence-corrected chi connectivity index (χ2v) is 9.06. The molecule has 0 atom stereocenters. The molecule has 3 rings (SSSR count). The minimum absolute atomic E-state index is 0.0211. The first-order valence-electron chi connectivity index (χ1n) is 12.6. The van der Waals surface area contributed by atoms with Crippen molar-refractivity contribution in [3.63, 3.8) is 0 Å². The van der Waals surface area contributed by atoms with Gasteiger partial charge in [0, 0.05) is 24.6 Å². The fourth-order valence-corrected chi connectivity index (χ4v) is 3.96. The Kier molecular flexibility index (Phi) is 9.84. The number of allylic oxidation sites excluding steroid dienone is 2. The second-order valence-electron chi connectivity index (χ2n) is 9.06. The number of amidine groups is 1. The van der Waals surface area contributed by atoms with E-state index >= 15 is 0 Å². The number of benzene rings is 3. The van der Waals surface area contributed by atoms with Crippen molar-refractivity contribution in [1.29, 1.82) is 0 Å². The highest BCUT2D eigenvalue weighted by Gasteiger charge is 2.12. The maximum Gasteiger partial charge on any atom is 0.256 e. The first-order chi connectivity index (χ1) is 17.8. The Morgan fingerprint density at radius 3 is 2.38 bits per heavy atom. The van der Waals surface area contributed by atoms with Gasteiger partial charge in [0.05, 0.1) is 11.4 Å². The summed E-state index contributed by atoms with van der Waals surface area (Å²) in [5, 5.41) is 3.06. The second kappa shape index (κ2) is 13.3. The maximum atomic E-state index is 13.1. The smallest absolute Gasteiger partial charge is 0.256 e. The maximum absolute atomic E-state index is 13.1. The van der Waals surface area contributed by atoms with Crippen LogP contribution in [0.5, 0.6) is 0 Å². The molecule has 0 aliphatic carbocycles. The number of hydrogen-bond acceptors (Lipinski definition) is 4. The molecule has 37 heavy (non-hydrogen) atoms. The number of amides is 1. The standard InChI is InChI=1S/C32H35N3O2/c1-6-25-11-9-12-27(20-25)32(37)35-31(34-29-13-8-7-10-23(29)3)19-17-26-16-14-22(2)28(21-26)30(33-5)18-15-24(4)36/h7-16,18,20-21H,6,17,19H2,1-5H3,(H,34,35,37)/b18-15-,33-30+. The summed E-state index contributed by atoms with van der Waals surface area (Å²) in [6.07, 6.45) is 5.39. The molecule has 0 aliphatic heterocycles. The summed E-state index contributed by atoms with van der Waals surface area (Å²) in [6, 6.07) is 21.8. The number of para-hydroxylation sites is 1. The molecular weight excluding hydrogens is 458 g/mol. The molecule has 0 heterocycles. The van der Waals surface area contributed by atoms with Gasteiger partial charge in [0.15, 0.2) is 5.78 Å². The lowest BCUT2D eigenvalue weighted by Crippen LogP contribution is -2.31. The Labute approximate surface area is 220 Å². The number of nitrogens with zero attached hydrogens (tertiary/aromatic N) is 2. The Balaban J connectivity index is 1.88. The van der Waals surface area contributed by atoms with E-state index in [0.29, 0.717) is 24.2 Å². The minimum atomic E-state index is -0.165. The van der Waals surface area contributed by atoms with E-state index in [1.54, 1.807) is 13.1 Å². The minimum Gasteiger partial charge on any atom is -0.310 e. The predicted molar refractivity (Wildman–Crippen MR) is 153 cm³/mol. The number of rotatable bonds is 9. The molecule has 1 amide bonds. The van der Waals surface area contributed by atoms with Crippen LogP contribution in [0.15, 0.2) is 88.9 Å². The van der Waals surface area contributed by atoms with Gasteiger partial charge in [0.2, 0.25) is 0 Å². The van der Waals surface area contributed by atoms with E-state index in [1.807, 2.05) is 62.4 Å². The van der Waals surface area contributed by atoms with Crippen LogP contribution in [0.3, 0.4) is 0 Å². The number of nitrogens with one attached hydrogen (secondary N) is 1. The van der Waals surface area contributed by atoms with Crippen LogP contribution in [0.1, 0.15) is 58.4 Å². The van der Waals surface area contributed by atoms with Gasteiger partial charge in [-0.2, -0.15) is 0 Å². The average Bonchev–Trinajstić information content (AvgIpc) is 2.90. The van der Waals surface area contributed by atoms with Gasteiger partial charge in [-0.1, -0.05) is 49.4 Å². The Morgan fingerprint density at radius 2 is 1.68 bits per heavy atom. The molecule has 0 saturated heterocycles. The lowest BCUT2D eigenvalue weighted by atomic mass is 9.98. The van der Waals surface area contributed by atoms with Crippen molar-refractivity contribution in [3.8, 4) is 0 Å². The molecule has 0 aromatic heterocycles. The summed E-state index contributed by atoms with van der Waals surface area (Å²) in [4.78, 5) is 33.8. The SMILES string of the molecule is CCc1cccc(C(=O)N/C(CCc2ccc(C)c(C(/C=C\C(C)=O)=N/C)c2)=N/c2ccccc2C)c1. The average molecular weight is 494 g/mol. The molecule has 0 radical (unpaired) electrons. The first-order valence-corrected chi connectivity index (χ1v) is 12.6. The van der Waals surface area contributed by atoms with E-state index in [-0.39, 0.29) is 11.7 Å². The molecule has 190 valence electrons. The molecule has 3 aromatic rings. The van der Waals surface area contributed by atoms with Gasteiger partial charge in [-0.05, 0) is 92.3 Å². The molecule has 0 aliphatic rings. The van der Waals surface area contributed by atoms with E-state index in [2.05, 4.69) is 35.4 Å². The summed E-state index contributed by atoms with van der Waals surface area (Å²) in [6.45, 7) is 7.63. The van der Waals surface area contributed by atoms with Crippen molar-refractivity contribution in [3.05, 3.63) is 112 Å². The topological polar surface area (TPSA) is 70.9 Å². The van der Waals surface area contributed by atoms with Gasteiger partial charge in [0.1, 0.15) is 5.84 Å². The Bertz CT molecular complexity index is 1370. The van der Waals surface area contributed by atoms with Crippen molar-refractivity contribution in [2.75, 3.05) is 7.05 Å². The molecule has 0 saturated carbocycles. The fourth-order valence-electron chi connectivity index (χ4n) is 3.96. The molecular formula is C32H35N3O2. The molecule has 3 aromatic carbocycles. The molecule has 1 N–H and O–H groups in total. The molecule has 5 heteroatoms. The Morgan fingerprint density at radius 1 is 0.892 bits per heavy atom. The number of aryl methyl sites for hydroxylation is 4. The number of aliphatic imine (C=N–C) groups is 2. The third-order valence-electron chi connectivity index (χ3n) is 6.17. The van der Waals surface area contributed by atoms with Crippen LogP contribution in [0, 0.1) is 13.8 Å². The van der Waals surface area contributed by atoms with Gasteiger partial charge in [-0.15, -0.1) is 0 Å². The summed E-state index contributed by atoms with van der Waals surface area (Å²) >= 11 is 0.